The zero-order valence-electron chi connectivity index (χ0n) is 14.6. The molecule has 2 aliphatic rings. The van der Waals surface area contributed by atoms with Crippen molar-refractivity contribution < 1.29 is 14.6 Å². The Hall–Kier alpha value is -1.59. The highest BCUT2D eigenvalue weighted by Crippen LogP contribution is 2.42. The number of hydrogen-bond acceptors (Lipinski definition) is 3. The quantitative estimate of drug-likeness (QED) is 0.871. The lowest BCUT2D eigenvalue weighted by atomic mass is 9.97. The van der Waals surface area contributed by atoms with E-state index in [1.54, 1.807) is 6.92 Å². The van der Waals surface area contributed by atoms with E-state index in [9.17, 15) is 9.90 Å². The van der Waals surface area contributed by atoms with E-state index in [0.717, 1.165) is 0 Å². The molecule has 1 heterocycles. The van der Waals surface area contributed by atoms with Crippen molar-refractivity contribution in [1.82, 2.24) is 10.2 Å². The van der Waals surface area contributed by atoms with Gasteiger partial charge in [0.05, 0.1) is 31.4 Å². The minimum absolute atomic E-state index is 0.0379. The number of nitrogens with one attached hydrogen (secondary N) is 1. The molecule has 1 saturated carbocycles. The van der Waals surface area contributed by atoms with Gasteiger partial charge in [0, 0.05) is 6.54 Å². The van der Waals surface area contributed by atoms with E-state index in [1.165, 1.54) is 24.0 Å². The molecule has 3 unspecified atom stereocenters. The van der Waals surface area contributed by atoms with E-state index in [1.807, 2.05) is 17.0 Å². The van der Waals surface area contributed by atoms with Crippen molar-refractivity contribution in [3.8, 4) is 0 Å². The van der Waals surface area contributed by atoms with Crippen molar-refractivity contribution in [2.24, 2.45) is 5.92 Å². The molecule has 0 spiro atoms. The highest BCUT2D eigenvalue weighted by atomic mass is 16.5. The first-order chi connectivity index (χ1) is 11.6. The van der Waals surface area contributed by atoms with Crippen molar-refractivity contribution in [3.05, 3.63) is 35.4 Å². The molecule has 132 valence electrons. The lowest BCUT2D eigenvalue weighted by Crippen LogP contribution is -2.54. The number of carbonyl (C=O) groups excluding carboxylic acids is 1. The molecule has 5 nitrogen and oxygen atoms in total. The summed E-state index contributed by atoms with van der Waals surface area (Å²) >= 11 is 0. The number of ether oxygens (including phenoxy) is 1. The van der Waals surface area contributed by atoms with Gasteiger partial charge >= 0.3 is 6.03 Å². The lowest BCUT2D eigenvalue weighted by Gasteiger charge is -2.37. The Kier molecular flexibility index (Phi) is 5.41. The molecule has 0 bridgehead atoms. The number of hydrogen-bond donors (Lipinski definition) is 2. The summed E-state index contributed by atoms with van der Waals surface area (Å²) in [6.45, 7) is 5.49. The average Bonchev–Trinajstić information content (AvgIpc) is 3.38. The molecule has 1 aromatic rings. The number of benzene rings is 1. The van der Waals surface area contributed by atoms with Crippen LogP contribution >= 0.6 is 0 Å². The number of aryl methyl sites for hydroxylation is 1. The van der Waals surface area contributed by atoms with Crippen LogP contribution in [0, 0.1) is 12.8 Å². The van der Waals surface area contributed by atoms with Crippen LogP contribution in [-0.4, -0.2) is 47.9 Å². The molecule has 0 radical (unpaired) electrons. The van der Waals surface area contributed by atoms with Gasteiger partial charge in [0.15, 0.2) is 0 Å². The molecule has 1 aromatic carbocycles. The molecule has 5 heteroatoms. The number of nitrogens with zero attached hydrogens (tertiary/aromatic N) is 1. The third kappa shape index (κ3) is 4.08. The normalized spacial score (nSPS) is 23.6. The summed E-state index contributed by atoms with van der Waals surface area (Å²) in [5, 5.41) is 12.9. The molecule has 0 aromatic heterocycles. The molecular weight excluding hydrogens is 304 g/mol. The predicted molar refractivity (Wildman–Crippen MR) is 92.8 cm³/mol. The van der Waals surface area contributed by atoms with Crippen LogP contribution in [0.4, 0.5) is 4.79 Å². The van der Waals surface area contributed by atoms with Crippen LogP contribution in [0.25, 0.3) is 0 Å². The maximum absolute atomic E-state index is 12.9. The predicted octanol–water partition coefficient (Wildman–Crippen LogP) is 2.63. The average molecular weight is 332 g/mol. The highest BCUT2D eigenvalue weighted by Gasteiger charge is 2.36. The maximum atomic E-state index is 12.9. The van der Waals surface area contributed by atoms with Crippen molar-refractivity contribution in [1.29, 1.82) is 0 Å². The summed E-state index contributed by atoms with van der Waals surface area (Å²) in [6.07, 6.45) is 2.44. The summed E-state index contributed by atoms with van der Waals surface area (Å²) in [6, 6.07) is 8.26. The van der Waals surface area contributed by atoms with Gasteiger partial charge in [-0.3, -0.25) is 0 Å². The van der Waals surface area contributed by atoms with Crippen LogP contribution in [0.15, 0.2) is 24.3 Å². The molecule has 1 aliphatic carbocycles. The summed E-state index contributed by atoms with van der Waals surface area (Å²) in [5.41, 5.74) is 2.44. The Bertz CT molecular complexity index is 571. The summed E-state index contributed by atoms with van der Waals surface area (Å²) in [5.74, 6) is 0.534. The van der Waals surface area contributed by atoms with E-state index in [2.05, 4.69) is 24.4 Å². The van der Waals surface area contributed by atoms with Gasteiger partial charge in [-0.2, -0.15) is 0 Å². The van der Waals surface area contributed by atoms with Crippen LogP contribution in [-0.2, 0) is 4.74 Å². The van der Waals surface area contributed by atoms with Crippen LogP contribution in [0.3, 0.4) is 0 Å². The van der Waals surface area contributed by atoms with Gasteiger partial charge in [-0.1, -0.05) is 24.3 Å². The van der Waals surface area contributed by atoms with Crippen LogP contribution in [0.5, 0.6) is 0 Å². The third-order valence-electron chi connectivity index (χ3n) is 5.00. The number of urea groups is 1. The standard InChI is InChI=1S/C19H28N2O3/c1-13-5-3-4-6-17(13)18(15-7-8-15)20-19(23)21-9-10-24-12-16(21)11-14(2)22/h3-6,14-16,18,22H,7-12H2,1-2H3,(H,20,23). The Morgan fingerprint density at radius 1 is 1.42 bits per heavy atom. The monoisotopic (exact) mass is 332 g/mol. The minimum Gasteiger partial charge on any atom is -0.393 e. The van der Waals surface area contributed by atoms with E-state index in [4.69, 9.17) is 4.74 Å². The smallest absolute Gasteiger partial charge is 0.318 e. The van der Waals surface area contributed by atoms with Gasteiger partial charge in [-0.15, -0.1) is 0 Å². The topological polar surface area (TPSA) is 61.8 Å². The van der Waals surface area contributed by atoms with E-state index in [-0.39, 0.29) is 18.1 Å². The summed E-state index contributed by atoms with van der Waals surface area (Å²) < 4.78 is 5.50. The first-order valence-electron chi connectivity index (χ1n) is 8.94. The number of aliphatic hydroxyl groups excluding tert-OH is 1. The van der Waals surface area contributed by atoms with Gasteiger partial charge in [-0.25, -0.2) is 4.79 Å². The molecule has 2 fully saturated rings. The molecule has 1 aliphatic heterocycles. The van der Waals surface area contributed by atoms with Gasteiger partial charge < -0.3 is 20.1 Å². The van der Waals surface area contributed by atoms with Gasteiger partial charge in [0.1, 0.15) is 0 Å². The number of morpholine rings is 1. The zero-order valence-corrected chi connectivity index (χ0v) is 14.6. The van der Waals surface area contributed by atoms with Gasteiger partial charge in [0.25, 0.3) is 0 Å². The molecule has 2 amide bonds. The Labute approximate surface area is 144 Å². The van der Waals surface area contributed by atoms with Crippen molar-refractivity contribution in [2.45, 2.75) is 51.3 Å². The second kappa shape index (κ2) is 7.53. The fourth-order valence-corrected chi connectivity index (χ4v) is 3.54. The largest absolute Gasteiger partial charge is 0.393 e. The van der Waals surface area contributed by atoms with Crippen LogP contribution in [0.2, 0.25) is 0 Å². The molecule has 24 heavy (non-hydrogen) atoms. The Morgan fingerprint density at radius 2 is 2.17 bits per heavy atom. The van der Waals surface area contributed by atoms with Crippen molar-refractivity contribution >= 4 is 6.03 Å². The molecule has 3 rings (SSSR count). The van der Waals surface area contributed by atoms with E-state index < -0.39 is 6.10 Å². The first-order valence-corrected chi connectivity index (χ1v) is 8.94. The first kappa shape index (κ1) is 17.2. The molecule has 2 N–H and O–H groups in total. The van der Waals surface area contributed by atoms with E-state index >= 15 is 0 Å². The number of amides is 2. The number of aliphatic hydroxyl groups is 1. The molecule has 1 saturated heterocycles. The van der Waals surface area contributed by atoms with Crippen molar-refractivity contribution in [2.75, 3.05) is 19.8 Å². The summed E-state index contributed by atoms with van der Waals surface area (Å²) in [4.78, 5) is 14.7. The van der Waals surface area contributed by atoms with Crippen LogP contribution in [0.1, 0.15) is 43.4 Å². The highest BCUT2D eigenvalue weighted by molar-refractivity contribution is 5.75. The third-order valence-corrected chi connectivity index (χ3v) is 5.00. The van der Waals surface area contributed by atoms with E-state index in [0.29, 0.717) is 32.1 Å². The number of rotatable bonds is 5. The number of carbonyl (C=O) groups is 1. The van der Waals surface area contributed by atoms with Crippen LogP contribution < -0.4 is 5.32 Å². The molecular formula is C19H28N2O3. The van der Waals surface area contributed by atoms with Crippen molar-refractivity contribution in [3.63, 3.8) is 0 Å². The molecule has 3 atom stereocenters. The lowest BCUT2D eigenvalue weighted by molar-refractivity contribution is -0.00497. The second-order valence-electron chi connectivity index (χ2n) is 7.13. The fraction of sp³-hybridized carbons (Fsp3) is 0.632. The maximum Gasteiger partial charge on any atom is 0.318 e. The SMILES string of the molecule is Cc1ccccc1C(NC(=O)N1CCOCC1CC(C)O)C1CC1. The van der Waals surface area contributed by atoms with Gasteiger partial charge in [-0.05, 0) is 50.2 Å². The summed E-state index contributed by atoms with van der Waals surface area (Å²) in [7, 11) is 0. The second-order valence-corrected chi connectivity index (χ2v) is 7.13. The minimum atomic E-state index is -0.442. The Balaban J connectivity index is 1.72. The zero-order chi connectivity index (χ0) is 17.1. The fourth-order valence-electron chi connectivity index (χ4n) is 3.54. The van der Waals surface area contributed by atoms with Gasteiger partial charge in [0.2, 0.25) is 0 Å². The Morgan fingerprint density at radius 3 is 2.83 bits per heavy atom.